The van der Waals surface area contributed by atoms with Crippen LogP contribution in [0.1, 0.15) is 57.0 Å². The van der Waals surface area contributed by atoms with Gasteiger partial charge in [0.15, 0.2) is 0 Å². The lowest BCUT2D eigenvalue weighted by atomic mass is 9.90. The van der Waals surface area contributed by atoms with Crippen molar-refractivity contribution in [2.45, 2.75) is 63.8 Å². The molecule has 1 aliphatic carbocycles. The van der Waals surface area contributed by atoms with Gasteiger partial charge in [-0.15, -0.1) is 16.4 Å². The molecule has 0 aliphatic heterocycles. The molecule has 2 aromatic heterocycles. The highest BCUT2D eigenvalue weighted by Gasteiger charge is 2.29. The van der Waals surface area contributed by atoms with Crippen molar-refractivity contribution in [3.63, 3.8) is 0 Å². The van der Waals surface area contributed by atoms with Gasteiger partial charge in [-0.2, -0.15) is 0 Å². The van der Waals surface area contributed by atoms with Crippen LogP contribution in [0.4, 0.5) is 0 Å². The Morgan fingerprint density at radius 2 is 2.23 bits per heavy atom. The van der Waals surface area contributed by atoms with Crippen LogP contribution in [0.25, 0.3) is 0 Å². The quantitative estimate of drug-likeness (QED) is 0.883. The highest BCUT2D eigenvalue weighted by Crippen LogP contribution is 2.29. The molecule has 2 N–H and O–H groups in total. The maximum absolute atomic E-state index is 10.1. The summed E-state index contributed by atoms with van der Waals surface area (Å²) in [5.74, 6) is 0. The average Bonchev–Trinajstić information content (AvgIpc) is 3.16. The molecule has 1 saturated carbocycles. The lowest BCUT2D eigenvalue weighted by Crippen LogP contribution is -2.39. The molecule has 0 radical (unpaired) electrons. The zero-order chi connectivity index (χ0) is 15.6. The first kappa shape index (κ1) is 15.6. The zero-order valence-electron chi connectivity index (χ0n) is 13.1. The monoisotopic (exact) mass is 321 g/mol. The van der Waals surface area contributed by atoms with E-state index in [4.69, 9.17) is 0 Å². The van der Waals surface area contributed by atoms with Gasteiger partial charge in [0.2, 0.25) is 0 Å². The second kappa shape index (κ2) is 6.44. The van der Waals surface area contributed by atoms with Crippen LogP contribution in [0.3, 0.4) is 0 Å². The van der Waals surface area contributed by atoms with E-state index in [-0.39, 0.29) is 6.04 Å². The summed E-state index contributed by atoms with van der Waals surface area (Å²) in [7, 11) is 0. The van der Waals surface area contributed by atoms with Gasteiger partial charge in [0.1, 0.15) is 11.3 Å². The van der Waals surface area contributed by atoms with Gasteiger partial charge < -0.3 is 10.4 Å². The lowest BCUT2D eigenvalue weighted by molar-refractivity contribution is 0.0736. The van der Waals surface area contributed by atoms with Crippen LogP contribution >= 0.6 is 11.3 Å². The van der Waals surface area contributed by atoms with Crippen molar-refractivity contribution in [2.75, 3.05) is 0 Å². The minimum absolute atomic E-state index is 0.288. The van der Waals surface area contributed by atoms with Gasteiger partial charge in [-0.05, 0) is 26.7 Å². The fourth-order valence-corrected chi connectivity index (χ4v) is 3.50. The molecular weight excluding hydrogens is 298 g/mol. The van der Waals surface area contributed by atoms with Crippen LogP contribution in [-0.2, 0) is 12.1 Å². The van der Waals surface area contributed by atoms with Crippen molar-refractivity contribution in [3.8, 4) is 0 Å². The van der Waals surface area contributed by atoms with Crippen molar-refractivity contribution in [3.05, 3.63) is 28.5 Å². The number of rotatable bonds is 5. The summed E-state index contributed by atoms with van der Waals surface area (Å²) < 4.78 is 1.92. The Balaban J connectivity index is 1.70. The summed E-state index contributed by atoms with van der Waals surface area (Å²) in [4.78, 5) is 4.32. The fourth-order valence-electron chi connectivity index (χ4n) is 2.95. The molecular formula is C15H23N5OS. The van der Waals surface area contributed by atoms with E-state index in [9.17, 15) is 5.11 Å². The maximum atomic E-state index is 10.1. The normalized spacial score (nSPS) is 22.9. The van der Waals surface area contributed by atoms with Gasteiger partial charge in [-0.3, -0.25) is 0 Å². The van der Waals surface area contributed by atoms with Crippen LogP contribution in [-0.4, -0.2) is 31.1 Å². The van der Waals surface area contributed by atoms with E-state index in [0.717, 1.165) is 25.1 Å². The SMILES string of the molecule is CC(C)(O)c1cn([C@@H]2CCCC[C@@H]2NCc2cscn2)nn1. The maximum Gasteiger partial charge on any atom is 0.114 e. The van der Waals surface area contributed by atoms with Crippen molar-refractivity contribution in [2.24, 2.45) is 0 Å². The first-order chi connectivity index (χ1) is 10.5. The first-order valence-corrected chi connectivity index (χ1v) is 8.73. The third-order valence-corrected chi connectivity index (χ3v) is 4.87. The number of hydrogen-bond donors (Lipinski definition) is 2. The molecule has 0 amide bonds. The highest BCUT2D eigenvalue weighted by atomic mass is 32.1. The van der Waals surface area contributed by atoms with E-state index in [2.05, 4.69) is 26.0 Å². The summed E-state index contributed by atoms with van der Waals surface area (Å²) in [6.07, 6.45) is 6.54. The largest absolute Gasteiger partial charge is 0.384 e. The summed E-state index contributed by atoms with van der Waals surface area (Å²) in [6, 6.07) is 0.655. The Morgan fingerprint density at radius 3 is 2.91 bits per heavy atom. The summed E-state index contributed by atoms with van der Waals surface area (Å²) >= 11 is 1.62. The molecule has 1 aliphatic rings. The van der Waals surface area contributed by atoms with Gasteiger partial charge >= 0.3 is 0 Å². The van der Waals surface area contributed by atoms with Gasteiger partial charge in [-0.1, -0.05) is 18.1 Å². The van der Waals surface area contributed by atoms with Crippen molar-refractivity contribution in [1.29, 1.82) is 0 Å². The van der Waals surface area contributed by atoms with Gasteiger partial charge in [-0.25, -0.2) is 9.67 Å². The van der Waals surface area contributed by atoms with Crippen molar-refractivity contribution >= 4 is 11.3 Å². The second-order valence-corrected chi connectivity index (χ2v) is 7.18. The first-order valence-electron chi connectivity index (χ1n) is 7.79. The number of aromatic nitrogens is 4. The number of hydrogen-bond acceptors (Lipinski definition) is 6. The van der Waals surface area contributed by atoms with Gasteiger partial charge in [0.05, 0.1) is 23.4 Å². The van der Waals surface area contributed by atoms with Crippen LogP contribution < -0.4 is 5.32 Å². The number of aliphatic hydroxyl groups is 1. The molecule has 3 rings (SSSR count). The predicted molar refractivity (Wildman–Crippen MR) is 85.5 cm³/mol. The van der Waals surface area contributed by atoms with E-state index in [1.807, 2.05) is 16.4 Å². The van der Waals surface area contributed by atoms with Crippen molar-refractivity contribution in [1.82, 2.24) is 25.3 Å². The Kier molecular flexibility index (Phi) is 4.56. The molecule has 0 bridgehead atoms. The molecule has 22 heavy (non-hydrogen) atoms. The molecule has 2 heterocycles. The number of thiazole rings is 1. The van der Waals surface area contributed by atoms with Gasteiger partial charge in [0, 0.05) is 18.0 Å². The third-order valence-electron chi connectivity index (χ3n) is 4.24. The summed E-state index contributed by atoms with van der Waals surface area (Å²) in [6.45, 7) is 4.26. The van der Waals surface area contributed by atoms with Gasteiger partial charge in [0.25, 0.3) is 0 Å². The Morgan fingerprint density at radius 1 is 1.41 bits per heavy atom. The van der Waals surface area contributed by atoms with E-state index in [1.54, 1.807) is 25.2 Å². The van der Waals surface area contributed by atoms with E-state index < -0.39 is 5.60 Å². The number of nitrogens with one attached hydrogen (secondary N) is 1. The third kappa shape index (κ3) is 3.53. The Hall–Kier alpha value is -1.31. The molecule has 2 aromatic rings. The minimum atomic E-state index is -0.948. The Bertz CT molecular complexity index is 589. The van der Waals surface area contributed by atoms with Crippen LogP contribution in [0.5, 0.6) is 0 Å². The molecule has 120 valence electrons. The molecule has 0 saturated heterocycles. The van der Waals surface area contributed by atoms with Crippen LogP contribution in [0.2, 0.25) is 0 Å². The number of nitrogens with zero attached hydrogens (tertiary/aromatic N) is 4. The standard InChI is InChI=1S/C15H23N5OS/c1-15(2,21)14-8-20(19-18-14)13-6-4-3-5-12(13)16-7-11-9-22-10-17-11/h8-10,12-13,16,21H,3-7H2,1-2H3/t12-,13+/m0/s1. The molecule has 6 nitrogen and oxygen atoms in total. The van der Waals surface area contributed by atoms with Crippen LogP contribution in [0, 0.1) is 0 Å². The molecule has 1 fully saturated rings. The topological polar surface area (TPSA) is 75.9 Å². The fraction of sp³-hybridized carbons (Fsp3) is 0.667. The smallest absolute Gasteiger partial charge is 0.114 e. The van der Waals surface area contributed by atoms with E-state index in [0.29, 0.717) is 11.7 Å². The average molecular weight is 321 g/mol. The zero-order valence-corrected chi connectivity index (χ0v) is 13.9. The molecule has 2 atom stereocenters. The molecule has 0 aromatic carbocycles. The summed E-state index contributed by atoms with van der Waals surface area (Å²) in [5.41, 5.74) is 2.63. The Labute approximate surface area is 134 Å². The highest BCUT2D eigenvalue weighted by molar-refractivity contribution is 7.07. The van der Waals surface area contributed by atoms with E-state index >= 15 is 0 Å². The lowest BCUT2D eigenvalue weighted by Gasteiger charge is -2.32. The van der Waals surface area contributed by atoms with Crippen LogP contribution in [0.15, 0.2) is 17.1 Å². The van der Waals surface area contributed by atoms with E-state index in [1.165, 1.54) is 12.8 Å². The second-order valence-electron chi connectivity index (χ2n) is 6.46. The van der Waals surface area contributed by atoms with Crippen molar-refractivity contribution < 1.29 is 5.11 Å². The summed E-state index contributed by atoms with van der Waals surface area (Å²) in [5, 5.41) is 24.1. The molecule has 0 spiro atoms. The predicted octanol–water partition coefficient (Wildman–Crippen LogP) is 2.24. The minimum Gasteiger partial charge on any atom is -0.384 e. The molecule has 7 heteroatoms. The molecule has 0 unspecified atom stereocenters.